The molecule has 9 heteroatoms. The molecule has 2 aromatic carbocycles. The van der Waals surface area contributed by atoms with E-state index in [2.05, 4.69) is 15.0 Å². The predicted octanol–water partition coefficient (Wildman–Crippen LogP) is 4.75. The number of carbonyl (C=O) groups is 1. The molecule has 1 fully saturated rings. The second-order valence-electron chi connectivity index (χ2n) is 8.44. The van der Waals surface area contributed by atoms with Gasteiger partial charge in [-0.15, -0.1) is 0 Å². The Morgan fingerprint density at radius 1 is 1.24 bits per heavy atom. The Bertz CT molecular complexity index is 1470. The van der Waals surface area contributed by atoms with Crippen LogP contribution < -0.4 is 4.90 Å². The predicted molar refractivity (Wildman–Crippen MR) is 124 cm³/mol. The van der Waals surface area contributed by atoms with E-state index in [1.165, 1.54) is 30.5 Å². The van der Waals surface area contributed by atoms with Crippen LogP contribution in [0.15, 0.2) is 30.5 Å². The first-order valence-electron chi connectivity index (χ1n) is 11.1. The lowest BCUT2D eigenvalue weighted by molar-refractivity contribution is -0.138. The summed E-state index contributed by atoms with van der Waals surface area (Å²) in [5, 5.41) is 21.2. The second-order valence-corrected chi connectivity index (χ2v) is 8.44. The fourth-order valence-corrected chi connectivity index (χ4v) is 4.87. The number of pyridine rings is 1. The Balaban J connectivity index is 1.78. The molecule has 0 bridgehead atoms. The largest absolute Gasteiger partial charge is 0.508 e. The first kappa shape index (κ1) is 21.9. The maximum absolute atomic E-state index is 16.0. The number of phenols is 1. The van der Waals surface area contributed by atoms with Gasteiger partial charge in [-0.2, -0.15) is 0 Å². The van der Waals surface area contributed by atoms with Crippen molar-refractivity contribution in [1.29, 1.82) is 0 Å². The number of hydrogen-bond acceptors (Lipinski definition) is 6. The number of aromatic nitrogens is 3. The van der Waals surface area contributed by atoms with E-state index in [9.17, 15) is 19.4 Å². The molecule has 174 valence electrons. The Hall–Kier alpha value is -3.88. The van der Waals surface area contributed by atoms with E-state index in [0.717, 1.165) is 0 Å². The SMILES string of the molecule is CCc1c(F)ccc2cc(O)cc(-c3ncc4c(N5CCC[C@H]5C(=O)O)nc(C)nc4c3F)c12. The number of anilines is 1. The maximum Gasteiger partial charge on any atom is 0.326 e. The number of carboxylic acids is 1. The smallest absolute Gasteiger partial charge is 0.326 e. The fourth-order valence-electron chi connectivity index (χ4n) is 4.87. The van der Waals surface area contributed by atoms with Gasteiger partial charge in [0.05, 0.1) is 5.39 Å². The van der Waals surface area contributed by atoms with E-state index in [0.29, 0.717) is 53.3 Å². The molecular weight excluding hydrogens is 442 g/mol. The zero-order valence-electron chi connectivity index (χ0n) is 18.6. The zero-order valence-corrected chi connectivity index (χ0v) is 18.6. The highest BCUT2D eigenvalue weighted by Crippen LogP contribution is 2.39. The fraction of sp³-hybridized carbons (Fsp3) is 0.280. The lowest BCUT2D eigenvalue weighted by Gasteiger charge is -2.24. The van der Waals surface area contributed by atoms with E-state index in [1.807, 2.05) is 0 Å². The standard InChI is InChI=1S/C25H22F2N4O3/c1-3-15-18(26)7-6-13-9-14(32)10-16(20(13)15)22-21(27)23-17(11-28-22)24(30-12(2)29-23)31-8-4-5-19(31)25(33)34/h6-7,9-11,19,32H,3-5,8H2,1-2H3,(H,33,34)/t19-/m0/s1. The third-order valence-corrected chi connectivity index (χ3v) is 6.35. The van der Waals surface area contributed by atoms with Crippen LogP contribution in [0.1, 0.15) is 31.2 Å². The summed E-state index contributed by atoms with van der Waals surface area (Å²) >= 11 is 0. The van der Waals surface area contributed by atoms with Crippen LogP contribution in [0.3, 0.4) is 0 Å². The highest BCUT2D eigenvalue weighted by atomic mass is 19.1. The molecule has 1 aliphatic rings. The van der Waals surface area contributed by atoms with Crippen molar-refractivity contribution < 1.29 is 23.8 Å². The Kier molecular flexibility index (Phi) is 5.27. The molecule has 34 heavy (non-hydrogen) atoms. The van der Waals surface area contributed by atoms with Crippen molar-refractivity contribution in [3.63, 3.8) is 0 Å². The quantitative estimate of drug-likeness (QED) is 0.450. The number of aliphatic carboxylic acids is 1. The number of carboxylic acid groups (broad SMARTS) is 1. The number of aryl methyl sites for hydroxylation is 2. The maximum atomic E-state index is 16.0. The number of aromatic hydroxyl groups is 1. The molecule has 2 aromatic heterocycles. The highest BCUT2D eigenvalue weighted by molar-refractivity contribution is 6.02. The molecule has 0 aliphatic carbocycles. The number of benzene rings is 2. The molecule has 0 spiro atoms. The van der Waals surface area contributed by atoms with Crippen LogP contribution >= 0.6 is 0 Å². The van der Waals surface area contributed by atoms with E-state index < -0.39 is 23.6 Å². The van der Waals surface area contributed by atoms with Crippen LogP contribution in [-0.4, -0.2) is 43.7 Å². The van der Waals surface area contributed by atoms with Crippen molar-refractivity contribution >= 4 is 33.5 Å². The Morgan fingerprint density at radius 3 is 2.76 bits per heavy atom. The number of phenolic OH excluding ortho intramolecular Hbond substituents is 1. The molecule has 0 radical (unpaired) electrons. The summed E-state index contributed by atoms with van der Waals surface area (Å²) in [5.74, 6) is -1.61. The monoisotopic (exact) mass is 464 g/mol. The van der Waals surface area contributed by atoms with Gasteiger partial charge in [0.2, 0.25) is 0 Å². The van der Waals surface area contributed by atoms with Gasteiger partial charge in [0.15, 0.2) is 5.82 Å². The summed E-state index contributed by atoms with van der Waals surface area (Å²) in [6.45, 7) is 3.89. The topological polar surface area (TPSA) is 99.4 Å². The van der Waals surface area contributed by atoms with Crippen LogP contribution in [0.5, 0.6) is 5.75 Å². The number of halogens is 2. The molecule has 7 nitrogen and oxygen atoms in total. The summed E-state index contributed by atoms with van der Waals surface area (Å²) in [5.41, 5.74) is 0.575. The van der Waals surface area contributed by atoms with Gasteiger partial charge in [0, 0.05) is 18.3 Å². The number of fused-ring (bicyclic) bond motifs is 2. The number of hydrogen-bond donors (Lipinski definition) is 2. The molecule has 1 aliphatic heterocycles. The molecule has 4 aromatic rings. The third-order valence-electron chi connectivity index (χ3n) is 6.35. The molecule has 2 N–H and O–H groups in total. The average Bonchev–Trinajstić information content (AvgIpc) is 3.29. The summed E-state index contributed by atoms with van der Waals surface area (Å²) in [6.07, 6.45) is 2.93. The van der Waals surface area contributed by atoms with Crippen molar-refractivity contribution in [2.45, 2.75) is 39.2 Å². The lowest BCUT2D eigenvalue weighted by Crippen LogP contribution is -2.36. The van der Waals surface area contributed by atoms with Gasteiger partial charge in [0.25, 0.3) is 0 Å². The highest BCUT2D eigenvalue weighted by Gasteiger charge is 2.33. The molecule has 0 unspecified atom stereocenters. The molecule has 3 heterocycles. The van der Waals surface area contributed by atoms with Crippen LogP contribution in [0.2, 0.25) is 0 Å². The van der Waals surface area contributed by atoms with Gasteiger partial charge in [0.1, 0.15) is 40.5 Å². The number of nitrogens with zero attached hydrogens (tertiary/aromatic N) is 4. The minimum atomic E-state index is -0.965. The van der Waals surface area contributed by atoms with Crippen molar-refractivity contribution in [3.8, 4) is 17.0 Å². The molecule has 0 amide bonds. The first-order chi connectivity index (χ1) is 16.3. The minimum Gasteiger partial charge on any atom is -0.508 e. The second kappa shape index (κ2) is 8.16. The normalized spacial score (nSPS) is 16.0. The van der Waals surface area contributed by atoms with Crippen LogP contribution in [0.4, 0.5) is 14.6 Å². The van der Waals surface area contributed by atoms with Crippen LogP contribution in [0, 0.1) is 18.6 Å². The van der Waals surface area contributed by atoms with Crippen LogP contribution in [0.25, 0.3) is 32.9 Å². The van der Waals surface area contributed by atoms with Gasteiger partial charge >= 0.3 is 5.97 Å². The van der Waals surface area contributed by atoms with Crippen molar-refractivity contribution in [2.24, 2.45) is 0 Å². The van der Waals surface area contributed by atoms with Crippen LogP contribution in [-0.2, 0) is 11.2 Å². The van der Waals surface area contributed by atoms with E-state index in [1.54, 1.807) is 18.7 Å². The first-order valence-corrected chi connectivity index (χ1v) is 11.1. The van der Waals surface area contributed by atoms with Gasteiger partial charge in [-0.3, -0.25) is 4.98 Å². The summed E-state index contributed by atoms with van der Waals surface area (Å²) < 4.78 is 30.6. The van der Waals surface area contributed by atoms with E-state index in [-0.39, 0.29) is 28.3 Å². The van der Waals surface area contributed by atoms with Gasteiger partial charge in [-0.25, -0.2) is 23.5 Å². The Labute approximate surface area is 193 Å². The molecule has 1 atom stereocenters. The van der Waals surface area contributed by atoms with Gasteiger partial charge < -0.3 is 15.1 Å². The summed E-state index contributed by atoms with van der Waals surface area (Å²) in [7, 11) is 0. The summed E-state index contributed by atoms with van der Waals surface area (Å²) in [4.78, 5) is 26.4. The van der Waals surface area contributed by atoms with E-state index in [4.69, 9.17) is 0 Å². The van der Waals surface area contributed by atoms with Crippen molar-refractivity contribution in [2.75, 3.05) is 11.4 Å². The molecular formula is C25H22F2N4O3. The van der Waals surface area contributed by atoms with Crippen molar-refractivity contribution in [3.05, 3.63) is 53.5 Å². The molecule has 1 saturated heterocycles. The lowest BCUT2D eigenvalue weighted by atomic mass is 9.94. The van der Waals surface area contributed by atoms with Gasteiger partial charge in [-0.1, -0.05) is 13.0 Å². The minimum absolute atomic E-state index is 0.00511. The van der Waals surface area contributed by atoms with Crippen molar-refractivity contribution in [1.82, 2.24) is 15.0 Å². The van der Waals surface area contributed by atoms with Gasteiger partial charge in [-0.05, 0) is 60.7 Å². The molecule has 0 saturated carbocycles. The third kappa shape index (κ3) is 3.39. The number of rotatable bonds is 4. The summed E-state index contributed by atoms with van der Waals surface area (Å²) in [6, 6.07) is 4.97. The Morgan fingerprint density at radius 2 is 2.03 bits per heavy atom. The average molecular weight is 464 g/mol. The van der Waals surface area contributed by atoms with E-state index >= 15 is 4.39 Å². The molecule has 5 rings (SSSR count). The zero-order chi connectivity index (χ0) is 24.1.